The smallest absolute Gasteiger partial charge is 0.310 e. The Morgan fingerprint density at radius 3 is 2.59 bits per heavy atom. The molecule has 8 nitrogen and oxygen atoms in total. The molecular weight excluding hydrogens is 388 g/mol. The van der Waals surface area contributed by atoms with Crippen LogP contribution in [0.1, 0.15) is 39.3 Å². The van der Waals surface area contributed by atoms with Crippen LogP contribution >= 0.6 is 0 Å². The minimum atomic E-state index is -3.22. The van der Waals surface area contributed by atoms with Crippen LogP contribution in [0.5, 0.6) is 0 Å². The summed E-state index contributed by atoms with van der Waals surface area (Å²) in [5.41, 5.74) is 3.16. The van der Waals surface area contributed by atoms with E-state index in [1.54, 1.807) is 19.9 Å². The van der Waals surface area contributed by atoms with Crippen LogP contribution in [-0.2, 0) is 25.0 Å². The summed E-state index contributed by atoms with van der Waals surface area (Å²) in [4.78, 5) is 36.8. The van der Waals surface area contributed by atoms with Gasteiger partial charge in [-0.15, -0.1) is 0 Å². The van der Waals surface area contributed by atoms with Crippen molar-refractivity contribution in [1.29, 1.82) is 0 Å². The summed E-state index contributed by atoms with van der Waals surface area (Å²) < 4.78 is 33.2. The highest BCUT2D eigenvalue weighted by molar-refractivity contribution is 5.98. The van der Waals surface area contributed by atoms with E-state index in [0.29, 0.717) is 12.0 Å². The van der Waals surface area contributed by atoms with E-state index >= 15 is 0 Å². The molecule has 0 aromatic carbocycles. The van der Waals surface area contributed by atoms with Gasteiger partial charge in [-0.1, -0.05) is 11.6 Å². The zero-order chi connectivity index (χ0) is 22.0. The second-order valence-electron chi connectivity index (χ2n) is 6.22. The highest BCUT2D eigenvalue weighted by Gasteiger charge is 2.35. The van der Waals surface area contributed by atoms with Crippen LogP contribution in [0.25, 0.3) is 0 Å². The van der Waals surface area contributed by atoms with E-state index in [0.717, 1.165) is 17.5 Å². The molecule has 0 radical (unpaired) electrons. The zero-order valence-corrected chi connectivity index (χ0v) is 16.6. The van der Waals surface area contributed by atoms with Crippen LogP contribution in [-0.4, -0.2) is 52.6 Å². The molecule has 2 rings (SSSR count). The monoisotopic (exact) mass is 413 g/mol. The minimum absolute atomic E-state index is 0.159. The van der Waals surface area contributed by atoms with Gasteiger partial charge in [-0.2, -0.15) is 8.78 Å². The molecule has 2 N–H and O–H groups in total. The normalized spacial score (nSPS) is 14.2. The van der Waals surface area contributed by atoms with Crippen molar-refractivity contribution in [3.8, 4) is 0 Å². The van der Waals surface area contributed by atoms with Crippen LogP contribution in [0.15, 0.2) is 35.5 Å². The van der Waals surface area contributed by atoms with Gasteiger partial charge in [0.1, 0.15) is 5.69 Å². The number of nitrogens with zero attached hydrogens (tertiary/aromatic N) is 2. The average molecular weight is 413 g/mol. The number of hydrogen-bond acceptors (Lipinski definition) is 6. The predicted molar refractivity (Wildman–Crippen MR) is 99.7 cm³/mol. The number of aromatic nitrogens is 1. The van der Waals surface area contributed by atoms with Gasteiger partial charge in [0.05, 0.1) is 19.6 Å². The molecule has 0 atom stereocenters. The van der Waals surface area contributed by atoms with E-state index in [9.17, 15) is 18.4 Å². The van der Waals surface area contributed by atoms with Gasteiger partial charge < -0.3 is 9.84 Å². The molecule has 0 saturated heterocycles. The van der Waals surface area contributed by atoms with Crippen molar-refractivity contribution in [1.82, 2.24) is 15.4 Å². The summed E-state index contributed by atoms with van der Waals surface area (Å²) in [7, 11) is 0. The van der Waals surface area contributed by atoms with Crippen LogP contribution < -0.4 is 5.43 Å². The number of hydrogen-bond donors (Lipinski definition) is 2. The van der Waals surface area contributed by atoms with Crippen molar-refractivity contribution in [3.63, 3.8) is 0 Å². The third-order valence-corrected chi connectivity index (χ3v) is 3.89. The molecular formula is C19H25F2N3O5. The fraction of sp³-hybridized carbons (Fsp3) is 0.474. The lowest BCUT2D eigenvalue weighted by atomic mass is 9.99. The second-order valence-corrected chi connectivity index (χ2v) is 6.22. The van der Waals surface area contributed by atoms with Crippen molar-refractivity contribution in [2.45, 2.75) is 39.5 Å². The molecule has 29 heavy (non-hydrogen) atoms. The molecule has 0 bridgehead atoms. The Hall–Kier alpha value is -2.88. The van der Waals surface area contributed by atoms with E-state index in [4.69, 9.17) is 14.6 Å². The van der Waals surface area contributed by atoms with E-state index in [1.807, 2.05) is 0 Å². The maximum Gasteiger partial charge on any atom is 0.310 e. The summed E-state index contributed by atoms with van der Waals surface area (Å²) in [6, 6.07) is 4.26. The Morgan fingerprint density at radius 2 is 2.03 bits per heavy atom. The molecule has 10 heteroatoms. The van der Waals surface area contributed by atoms with Gasteiger partial charge in [0, 0.05) is 25.2 Å². The fourth-order valence-electron chi connectivity index (χ4n) is 2.48. The molecule has 1 aromatic heterocycles. The largest absolute Gasteiger partial charge is 0.481 e. The zero-order valence-electron chi connectivity index (χ0n) is 16.6. The van der Waals surface area contributed by atoms with Crippen LogP contribution in [0.3, 0.4) is 0 Å². The van der Waals surface area contributed by atoms with E-state index in [1.165, 1.54) is 18.3 Å². The predicted octanol–water partition coefficient (Wildman–Crippen LogP) is 2.27. The lowest BCUT2D eigenvalue weighted by molar-refractivity contribution is -0.144. The van der Waals surface area contributed by atoms with Gasteiger partial charge in [-0.25, -0.2) is 5.43 Å². The lowest BCUT2D eigenvalue weighted by Crippen LogP contribution is -2.50. The number of halogens is 2. The summed E-state index contributed by atoms with van der Waals surface area (Å²) in [5.74, 6) is -5.04. The maximum atomic E-state index is 14.2. The number of hydrazine groups is 1. The fourth-order valence-corrected chi connectivity index (χ4v) is 2.48. The Bertz CT molecular complexity index is 749. The van der Waals surface area contributed by atoms with Crippen LogP contribution in [0.4, 0.5) is 8.78 Å². The number of nitrogens with one attached hydrogen (secondary N) is 1. The quantitative estimate of drug-likeness (QED) is 0.660. The van der Waals surface area contributed by atoms with Gasteiger partial charge in [-0.3, -0.25) is 24.4 Å². The van der Waals surface area contributed by atoms with E-state index in [-0.39, 0.29) is 25.3 Å². The Kier molecular flexibility index (Phi) is 9.33. The number of carbonyl (C=O) groups excluding carboxylic acids is 2. The SMILES string of the molecule is CC(=O)O.CCOC(=O)CC1=C(C)CCN(NCC(F)(F)c2ccccn2)C1=O. The number of pyridine rings is 1. The number of rotatable bonds is 7. The number of carbonyl (C=O) groups is 3. The second kappa shape index (κ2) is 11.2. The number of aliphatic carboxylic acids is 1. The minimum Gasteiger partial charge on any atom is -0.481 e. The molecule has 1 aromatic rings. The first-order valence-electron chi connectivity index (χ1n) is 8.97. The van der Waals surface area contributed by atoms with Crippen molar-refractivity contribution in [2.75, 3.05) is 19.7 Å². The highest BCUT2D eigenvalue weighted by Crippen LogP contribution is 2.26. The third-order valence-electron chi connectivity index (χ3n) is 3.89. The maximum absolute atomic E-state index is 14.2. The average Bonchev–Trinajstić information content (AvgIpc) is 2.65. The molecule has 0 spiro atoms. The summed E-state index contributed by atoms with van der Waals surface area (Å²) in [5, 5.41) is 8.54. The molecule has 0 saturated carbocycles. The first-order valence-corrected chi connectivity index (χ1v) is 8.97. The van der Waals surface area contributed by atoms with Crippen molar-refractivity contribution in [3.05, 3.63) is 41.2 Å². The number of amides is 1. The Morgan fingerprint density at radius 1 is 1.38 bits per heavy atom. The number of carboxylic acid groups (broad SMARTS) is 1. The first kappa shape index (κ1) is 24.2. The molecule has 0 aliphatic carbocycles. The number of alkyl halides is 2. The summed E-state index contributed by atoms with van der Waals surface area (Å²) >= 11 is 0. The van der Waals surface area contributed by atoms with E-state index in [2.05, 4.69) is 10.4 Å². The molecule has 1 aliphatic heterocycles. The third kappa shape index (κ3) is 7.94. The first-order chi connectivity index (χ1) is 13.6. The Balaban J connectivity index is 0.000000960. The highest BCUT2D eigenvalue weighted by atomic mass is 19.3. The standard InChI is InChI=1S/C17H21F2N3O3.C2H4O2/c1-3-25-15(23)10-13-12(2)7-9-22(16(13)24)21-11-17(18,19)14-6-4-5-8-20-14;1-2(3)4/h4-6,8,21H,3,7,9-11H2,1-2H3;1H3,(H,3,4). The molecule has 160 valence electrons. The van der Waals surface area contributed by atoms with Gasteiger partial charge in [0.15, 0.2) is 0 Å². The van der Waals surface area contributed by atoms with Gasteiger partial charge >= 0.3 is 11.9 Å². The molecule has 0 unspecified atom stereocenters. The molecule has 0 fully saturated rings. The number of esters is 1. The molecule has 1 aliphatic rings. The Labute approximate surface area is 167 Å². The molecule has 2 heterocycles. The number of ether oxygens (including phenoxy) is 1. The number of carboxylic acids is 1. The van der Waals surface area contributed by atoms with Crippen LogP contribution in [0, 0.1) is 0 Å². The molecule has 1 amide bonds. The van der Waals surface area contributed by atoms with Gasteiger partial charge in [0.25, 0.3) is 11.9 Å². The van der Waals surface area contributed by atoms with Crippen molar-refractivity contribution in [2.24, 2.45) is 0 Å². The van der Waals surface area contributed by atoms with Crippen LogP contribution in [0.2, 0.25) is 0 Å². The topological polar surface area (TPSA) is 109 Å². The summed E-state index contributed by atoms with van der Waals surface area (Å²) in [6.45, 7) is 4.23. The van der Waals surface area contributed by atoms with Crippen molar-refractivity contribution >= 4 is 17.8 Å². The van der Waals surface area contributed by atoms with Crippen molar-refractivity contribution < 1.29 is 33.0 Å². The summed E-state index contributed by atoms with van der Waals surface area (Å²) in [6.07, 6.45) is 1.63. The lowest BCUT2D eigenvalue weighted by Gasteiger charge is -2.31. The van der Waals surface area contributed by atoms with E-state index < -0.39 is 30.3 Å². The van der Waals surface area contributed by atoms with Gasteiger partial charge in [0.2, 0.25) is 0 Å². The van der Waals surface area contributed by atoms with Gasteiger partial charge in [-0.05, 0) is 32.4 Å².